The number of carbonyl (C=O) groups is 1. The predicted molar refractivity (Wildman–Crippen MR) is 68.1 cm³/mol. The minimum atomic E-state index is -0.538. The van der Waals surface area contributed by atoms with Crippen molar-refractivity contribution in [2.75, 3.05) is 6.61 Å². The molecule has 0 aliphatic carbocycles. The summed E-state index contributed by atoms with van der Waals surface area (Å²) in [6.45, 7) is 4.77. The van der Waals surface area contributed by atoms with Crippen molar-refractivity contribution in [3.05, 3.63) is 35.4 Å². The molecule has 17 heavy (non-hydrogen) atoms. The Hall–Kier alpha value is -1.15. The Morgan fingerprint density at radius 1 is 1.29 bits per heavy atom. The maximum Gasteiger partial charge on any atom is 0.168 e. The fraction of sp³-hybridized carbons (Fsp3) is 0.533. The van der Waals surface area contributed by atoms with Crippen LogP contribution >= 0.6 is 0 Å². The van der Waals surface area contributed by atoms with Crippen LogP contribution in [0.2, 0.25) is 0 Å². The van der Waals surface area contributed by atoms with Gasteiger partial charge in [-0.2, -0.15) is 0 Å². The van der Waals surface area contributed by atoms with Crippen LogP contribution in [0.25, 0.3) is 0 Å². The molecule has 1 aliphatic rings. The van der Waals surface area contributed by atoms with Crippen LogP contribution in [0.4, 0.5) is 0 Å². The number of hydrogen-bond donors (Lipinski definition) is 0. The standard InChI is InChI=1S/C15H20O2/c1-3-12-5-7-13(8-6-12)11-14(16)15(2)9-4-10-17-15/h5-8H,3-4,9-11H2,1-2H3. The molecule has 2 heteroatoms. The monoisotopic (exact) mass is 232 g/mol. The van der Waals surface area contributed by atoms with Gasteiger partial charge in [0.25, 0.3) is 0 Å². The first kappa shape index (κ1) is 12.3. The number of aryl methyl sites for hydroxylation is 1. The molecule has 1 unspecified atom stereocenters. The Kier molecular flexibility index (Phi) is 3.63. The molecule has 92 valence electrons. The summed E-state index contributed by atoms with van der Waals surface area (Å²) in [4.78, 5) is 12.2. The zero-order chi connectivity index (χ0) is 12.3. The van der Waals surface area contributed by atoms with Gasteiger partial charge in [0.1, 0.15) is 5.60 Å². The summed E-state index contributed by atoms with van der Waals surface area (Å²) in [7, 11) is 0. The number of rotatable bonds is 4. The SMILES string of the molecule is CCc1ccc(CC(=O)C2(C)CCCO2)cc1. The van der Waals surface area contributed by atoms with Crippen molar-refractivity contribution in [1.82, 2.24) is 0 Å². The van der Waals surface area contributed by atoms with E-state index < -0.39 is 5.60 Å². The molecule has 2 nitrogen and oxygen atoms in total. The maximum absolute atomic E-state index is 12.2. The van der Waals surface area contributed by atoms with Crippen molar-refractivity contribution in [1.29, 1.82) is 0 Å². The lowest BCUT2D eigenvalue weighted by Gasteiger charge is -2.21. The van der Waals surface area contributed by atoms with E-state index in [1.807, 2.05) is 6.92 Å². The topological polar surface area (TPSA) is 26.3 Å². The van der Waals surface area contributed by atoms with E-state index in [-0.39, 0.29) is 5.78 Å². The molecule has 1 fully saturated rings. The number of Topliss-reactive ketones (excluding diaryl/α,β-unsaturated/α-hetero) is 1. The highest BCUT2D eigenvalue weighted by Gasteiger charge is 2.36. The van der Waals surface area contributed by atoms with Crippen LogP contribution in [0.1, 0.15) is 37.8 Å². The summed E-state index contributed by atoms with van der Waals surface area (Å²) in [5, 5.41) is 0. The van der Waals surface area contributed by atoms with E-state index in [2.05, 4.69) is 31.2 Å². The lowest BCUT2D eigenvalue weighted by molar-refractivity contribution is -0.136. The van der Waals surface area contributed by atoms with Gasteiger partial charge in [-0.3, -0.25) is 4.79 Å². The van der Waals surface area contributed by atoms with Crippen LogP contribution in [0.15, 0.2) is 24.3 Å². The Balaban J connectivity index is 2.02. The van der Waals surface area contributed by atoms with E-state index in [0.717, 1.165) is 31.4 Å². The molecule has 1 atom stereocenters. The lowest BCUT2D eigenvalue weighted by Crippen LogP contribution is -2.35. The second-order valence-electron chi connectivity index (χ2n) is 4.95. The van der Waals surface area contributed by atoms with Gasteiger partial charge in [-0.1, -0.05) is 31.2 Å². The van der Waals surface area contributed by atoms with Crippen molar-refractivity contribution >= 4 is 5.78 Å². The quantitative estimate of drug-likeness (QED) is 0.798. The van der Waals surface area contributed by atoms with Gasteiger partial charge in [-0.15, -0.1) is 0 Å². The van der Waals surface area contributed by atoms with E-state index in [1.54, 1.807) is 0 Å². The summed E-state index contributed by atoms with van der Waals surface area (Å²) in [6.07, 6.45) is 3.38. The van der Waals surface area contributed by atoms with Gasteiger partial charge in [0.05, 0.1) is 0 Å². The third-order valence-electron chi connectivity index (χ3n) is 3.60. The molecule has 1 heterocycles. The fourth-order valence-electron chi connectivity index (χ4n) is 2.26. The van der Waals surface area contributed by atoms with Crippen LogP contribution < -0.4 is 0 Å². The molecule has 0 saturated carbocycles. The highest BCUT2D eigenvalue weighted by Crippen LogP contribution is 2.27. The highest BCUT2D eigenvalue weighted by atomic mass is 16.5. The molecule has 0 N–H and O–H groups in total. The largest absolute Gasteiger partial charge is 0.367 e. The minimum absolute atomic E-state index is 0.208. The van der Waals surface area contributed by atoms with E-state index in [9.17, 15) is 4.79 Å². The summed E-state index contributed by atoms with van der Waals surface area (Å²) >= 11 is 0. The van der Waals surface area contributed by atoms with Crippen LogP contribution in [-0.2, 0) is 22.4 Å². The third kappa shape index (κ3) is 2.75. The molecule has 0 bridgehead atoms. The second kappa shape index (κ2) is 5.01. The molecular weight excluding hydrogens is 212 g/mol. The second-order valence-corrected chi connectivity index (χ2v) is 4.95. The zero-order valence-corrected chi connectivity index (χ0v) is 10.7. The summed E-state index contributed by atoms with van der Waals surface area (Å²) in [6, 6.07) is 8.30. The molecule has 1 aromatic rings. The number of benzene rings is 1. The summed E-state index contributed by atoms with van der Waals surface area (Å²) < 4.78 is 5.57. The van der Waals surface area contributed by atoms with E-state index >= 15 is 0 Å². The van der Waals surface area contributed by atoms with Gasteiger partial charge in [0.15, 0.2) is 5.78 Å². The van der Waals surface area contributed by atoms with E-state index in [4.69, 9.17) is 4.74 Å². The van der Waals surface area contributed by atoms with Crippen molar-refractivity contribution in [2.45, 2.75) is 45.1 Å². The van der Waals surface area contributed by atoms with Crippen LogP contribution in [0, 0.1) is 0 Å². The zero-order valence-electron chi connectivity index (χ0n) is 10.7. The third-order valence-corrected chi connectivity index (χ3v) is 3.60. The van der Waals surface area contributed by atoms with Crippen LogP contribution in [-0.4, -0.2) is 18.0 Å². The van der Waals surface area contributed by atoms with Gasteiger partial charge < -0.3 is 4.74 Å². The smallest absolute Gasteiger partial charge is 0.168 e. The average molecular weight is 232 g/mol. The van der Waals surface area contributed by atoms with Gasteiger partial charge >= 0.3 is 0 Å². The normalized spacial score (nSPS) is 23.9. The van der Waals surface area contributed by atoms with Crippen molar-refractivity contribution < 1.29 is 9.53 Å². The fourth-order valence-corrected chi connectivity index (χ4v) is 2.26. The van der Waals surface area contributed by atoms with Gasteiger partial charge in [0, 0.05) is 13.0 Å². The summed E-state index contributed by atoms with van der Waals surface area (Å²) in [5.41, 5.74) is 1.86. The van der Waals surface area contributed by atoms with Gasteiger partial charge in [-0.25, -0.2) is 0 Å². The first-order chi connectivity index (χ1) is 8.14. The molecule has 1 aliphatic heterocycles. The number of carbonyl (C=O) groups excluding carboxylic acids is 1. The molecule has 0 aromatic heterocycles. The Labute approximate surface area is 103 Å². The number of ether oxygens (including phenoxy) is 1. The average Bonchev–Trinajstić information content (AvgIpc) is 2.78. The molecule has 0 radical (unpaired) electrons. The number of ketones is 1. The van der Waals surface area contributed by atoms with Crippen molar-refractivity contribution in [3.63, 3.8) is 0 Å². The first-order valence-corrected chi connectivity index (χ1v) is 6.39. The molecule has 0 spiro atoms. The molecular formula is C15H20O2. The van der Waals surface area contributed by atoms with Crippen LogP contribution in [0.5, 0.6) is 0 Å². The molecule has 2 rings (SSSR count). The van der Waals surface area contributed by atoms with E-state index in [0.29, 0.717) is 6.42 Å². The Bertz CT molecular complexity index is 386. The van der Waals surface area contributed by atoms with Crippen molar-refractivity contribution in [2.24, 2.45) is 0 Å². The highest BCUT2D eigenvalue weighted by molar-refractivity contribution is 5.89. The Morgan fingerprint density at radius 2 is 1.94 bits per heavy atom. The maximum atomic E-state index is 12.2. The first-order valence-electron chi connectivity index (χ1n) is 6.39. The number of hydrogen-bond acceptors (Lipinski definition) is 2. The van der Waals surface area contributed by atoms with Crippen LogP contribution in [0.3, 0.4) is 0 Å². The van der Waals surface area contributed by atoms with E-state index in [1.165, 1.54) is 5.56 Å². The van der Waals surface area contributed by atoms with Gasteiger partial charge in [-0.05, 0) is 37.3 Å². The lowest BCUT2D eigenvalue weighted by atomic mass is 9.92. The van der Waals surface area contributed by atoms with Gasteiger partial charge in [0.2, 0.25) is 0 Å². The Morgan fingerprint density at radius 3 is 2.47 bits per heavy atom. The molecule has 0 amide bonds. The molecule has 1 saturated heterocycles. The minimum Gasteiger partial charge on any atom is -0.367 e. The predicted octanol–water partition coefficient (Wildman–Crippen LogP) is 2.93. The van der Waals surface area contributed by atoms with Crippen molar-refractivity contribution in [3.8, 4) is 0 Å². The summed E-state index contributed by atoms with van der Waals surface area (Å²) in [5.74, 6) is 0.208. The molecule has 1 aromatic carbocycles.